The largest absolute Gasteiger partial charge is 0.491 e. The first-order chi connectivity index (χ1) is 8.83. The highest BCUT2D eigenvalue weighted by atomic mass is 16.5. The van der Waals surface area contributed by atoms with Crippen LogP contribution >= 0.6 is 0 Å². The Bertz CT molecular complexity index is 381. The Morgan fingerprint density at radius 3 is 3.00 bits per heavy atom. The summed E-state index contributed by atoms with van der Waals surface area (Å²) in [6.07, 6.45) is 3.21. The molecule has 0 fully saturated rings. The highest BCUT2D eigenvalue weighted by Crippen LogP contribution is 2.33. The van der Waals surface area contributed by atoms with E-state index in [4.69, 9.17) is 20.3 Å². The molecular weight excluding hydrogens is 230 g/mol. The molecule has 0 spiro atoms. The fourth-order valence-electron chi connectivity index (χ4n) is 2.36. The molecule has 0 saturated carbocycles. The highest BCUT2D eigenvalue weighted by Gasteiger charge is 2.19. The third-order valence-electron chi connectivity index (χ3n) is 3.23. The van der Waals surface area contributed by atoms with E-state index in [0.29, 0.717) is 19.8 Å². The SMILES string of the molecule is NC1CCCc2c(OCCOCCO)cccc21. The fraction of sp³-hybridized carbons (Fsp3) is 0.571. The van der Waals surface area contributed by atoms with Crippen molar-refractivity contribution in [1.82, 2.24) is 0 Å². The zero-order chi connectivity index (χ0) is 12.8. The van der Waals surface area contributed by atoms with E-state index in [-0.39, 0.29) is 12.6 Å². The van der Waals surface area contributed by atoms with Crippen LogP contribution in [-0.2, 0) is 11.2 Å². The molecule has 0 amide bonds. The summed E-state index contributed by atoms with van der Waals surface area (Å²) < 4.78 is 10.9. The topological polar surface area (TPSA) is 64.7 Å². The highest BCUT2D eigenvalue weighted by molar-refractivity contribution is 5.43. The minimum absolute atomic E-state index is 0.0512. The summed E-state index contributed by atoms with van der Waals surface area (Å²) in [5.74, 6) is 0.926. The summed E-state index contributed by atoms with van der Waals surface area (Å²) in [5.41, 5.74) is 8.57. The Balaban J connectivity index is 1.94. The molecule has 0 bridgehead atoms. The molecule has 2 rings (SSSR count). The van der Waals surface area contributed by atoms with Crippen molar-refractivity contribution in [3.63, 3.8) is 0 Å². The fourth-order valence-corrected chi connectivity index (χ4v) is 2.36. The van der Waals surface area contributed by atoms with E-state index in [9.17, 15) is 0 Å². The first-order valence-electron chi connectivity index (χ1n) is 6.51. The molecule has 0 aliphatic heterocycles. The lowest BCUT2D eigenvalue weighted by Gasteiger charge is -2.24. The second-order valence-corrected chi connectivity index (χ2v) is 4.51. The molecule has 1 atom stereocenters. The number of aliphatic hydroxyl groups is 1. The van der Waals surface area contributed by atoms with Crippen LogP contribution in [0.2, 0.25) is 0 Å². The van der Waals surface area contributed by atoms with E-state index in [1.807, 2.05) is 12.1 Å². The van der Waals surface area contributed by atoms with Crippen molar-refractivity contribution in [2.24, 2.45) is 5.73 Å². The molecule has 18 heavy (non-hydrogen) atoms. The Labute approximate surface area is 108 Å². The maximum Gasteiger partial charge on any atom is 0.122 e. The molecule has 0 radical (unpaired) electrons. The number of ether oxygens (including phenoxy) is 2. The van der Waals surface area contributed by atoms with Crippen molar-refractivity contribution in [2.45, 2.75) is 25.3 Å². The van der Waals surface area contributed by atoms with Gasteiger partial charge in [-0.2, -0.15) is 0 Å². The van der Waals surface area contributed by atoms with Crippen LogP contribution < -0.4 is 10.5 Å². The van der Waals surface area contributed by atoms with Gasteiger partial charge in [0.25, 0.3) is 0 Å². The average Bonchev–Trinajstić information content (AvgIpc) is 2.39. The van der Waals surface area contributed by atoms with Crippen molar-refractivity contribution in [3.05, 3.63) is 29.3 Å². The van der Waals surface area contributed by atoms with E-state index in [1.165, 1.54) is 11.1 Å². The van der Waals surface area contributed by atoms with Crippen molar-refractivity contribution in [2.75, 3.05) is 26.4 Å². The van der Waals surface area contributed by atoms with Gasteiger partial charge in [0.15, 0.2) is 0 Å². The molecule has 100 valence electrons. The van der Waals surface area contributed by atoms with Crippen LogP contribution in [0, 0.1) is 0 Å². The lowest BCUT2D eigenvalue weighted by atomic mass is 9.88. The molecule has 4 heteroatoms. The first kappa shape index (κ1) is 13.3. The predicted octanol–water partition coefficient (Wildman–Crippen LogP) is 1.41. The number of benzene rings is 1. The van der Waals surface area contributed by atoms with Gasteiger partial charge in [-0.05, 0) is 36.5 Å². The third-order valence-corrected chi connectivity index (χ3v) is 3.23. The number of fused-ring (bicyclic) bond motifs is 1. The second kappa shape index (κ2) is 6.73. The van der Waals surface area contributed by atoms with Crippen LogP contribution in [-0.4, -0.2) is 31.5 Å². The lowest BCUT2D eigenvalue weighted by molar-refractivity contribution is 0.0702. The van der Waals surface area contributed by atoms with Crippen LogP contribution in [0.1, 0.15) is 30.0 Å². The maximum absolute atomic E-state index is 8.59. The van der Waals surface area contributed by atoms with Crippen molar-refractivity contribution >= 4 is 0 Å². The molecule has 1 aromatic rings. The Morgan fingerprint density at radius 2 is 2.17 bits per heavy atom. The van der Waals surface area contributed by atoms with E-state index in [1.54, 1.807) is 0 Å². The van der Waals surface area contributed by atoms with E-state index in [2.05, 4.69) is 6.07 Å². The quantitative estimate of drug-likeness (QED) is 0.750. The van der Waals surface area contributed by atoms with Gasteiger partial charge < -0.3 is 20.3 Å². The standard InChI is InChI=1S/C14H21NO3/c15-13-5-1-4-12-11(13)3-2-6-14(12)18-10-9-17-8-7-16/h2-3,6,13,16H,1,4-5,7-10,15H2. The Hall–Kier alpha value is -1.10. The number of rotatable bonds is 6. The molecule has 3 N–H and O–H groups in total. The van der Waals surface area contributed by atoms with Gasteiger partial charge in [0.05, 0.1) is 19.8 Å². The van der Waals surface area contributed by atoms with E-state index >= 15 is 0 Å². The average molecular weight is 251 g/mol. The molecule has 1 aliphatic carbocycles. The minimum atomic E-state index is 0.0512. The normalized spacial score (nSPS) is 18.4. The van der Waals surface area contributed by atoms with E-state index < -0.39 is 0 Å². The van der Waals surface area contributed by atoms with Crippen molar-refractivity contribution in [3.8, 4) is 5.75 Å². The van der Waals surface area contributed by atoms with Gasteiger partial charge >= 0.3 is 0 Å². The monoisotopic (exact) mass is 251 g/mol. The van der Waals surface area contributed by atoms with Gasteiger partial charge in [-0.15, -0.1) is 0 Å². The summed E-state index contributed by atoms with van der Waals surface area (Å²) in [4.78, 5) is 0. The number of nitrogens with two attached hydrogens (primary N) is 1. The van der Waals surface area contributed by atoms with Gasteiger partial charge in [0.2, 0.25) is 0 Å². The van der Waals surface area contributed by atoms with Crippen LogP contribution in [0.25, 0.3) is 0 Å². The molecule has 1 aliphatic rings. The zero-order valence-corrected chi connectivity index (χ0v) is 10.6. The smallest absolute Gasteiger partial charge is 0.122 e. The lowest BCUT2D eigenvalue weighted by Crippen LogP contribution is -2.18. The van der Waals surface area contributed by atoms with Gasteiger partial charge in [0.1, 0.15) is 12.4 Å². The van der Waals surface area contributed by atoms with Crippen LogP contribution in [0.15, 0.2) is 18.2 Å². The number of hydrogen-bond acceptors (Lipinski definition) is 4. The summed E-state index contributed by atoms with van der Waals surface area (Å²) in [6, 6.07) is 6.22. The molecule has 0 heterocycles. The first-order valence-corrected chi connectivity index (χ1v) is 6.51. The number of aliphatic hydroxyl groups excluding tert-OH is 1. The summed E-state index contributed by atoms with van der Waals surface area (Å²) in [5, 5.41) is 8.59. The van der Waals surface area contributed by atoms with Gasteiger partial charge in [-0.3, -0.25) is 0 Å². The van der Waals surface area contributed by atoms with Crippen LogP contribution in [0.3, 0.4) is 0 Å². The molecule has 0 saturated heterocycles. The summed E-state index contributed by atoms with van der Waals surface area (Å²) >= 11 is 0. The molecule has 1 aromatic carbocycles. The predicted molar refractivity (Wildman–Crippen MR) is 69.7 cm³/mol. The number of hydrogen-bond donors (Lipinski definition) is 2. The van der Waals surface area contributed by atoms with Gasteiger partial charge in [-0.25, -0.2) is 0 Å². The minimum Gasteiger partial charge on any atom is -0.491 e. The Kier molecular flexibility index (Phi) is 4.99. The third kappa shape index (κ3) is 3.22. The Morgan fingerprint density at radius 1 is 1.28 bits per heavy atom. The summed E-state index contributed by atoms with van der Waals surface area (Å²) in [7, 11) is 0. The molecule has 1 unspecified atom stereocenters. The molecule has 4 nitrogen and oxygen atoms in total. The molecular formula is C14H21NO3. The van der Waals surface area contributed by atoms with Crippen LogP contribution in [0.5, 0.6) is 5.75 Å². The van der Waals surface area contributed by atoms with Gasteiger partial charge in [0, 0.05) is 6.04 Å². The van der Waals surface area contributed by atoms with E-state index in [0.717, 1.165) is 25.0 Å². The van der Waals surface area contributed by atoms with Gasteiger partial charge in [-0.1, -0.05) is 12.1 Å². The summed E-state index contributed by atoms with van der Waals surface area (Å²) in [6.45, 7) is 1.42. The van der Waals surface area contributed by atoms with Crippen molar-refractivity contribution in [1.29, 1.82) is 0 Å². The molecule has 0 aromatic heterocycles. The van der Waals surface area contributed by atoms with Crippen LogP contribution in [0.4, 0.5) is 0 Å². The van der Waals surface area contributed by atoms with Crippen molar-refractivity contribution < 1.29 is 14.6 Å². The zero-order valence-electron chi connectivity index (χ0n) is 10.6. The maximum atomic E-state index is 8.59. The second-order valence-electron chi connectivity index (χ2n) is 4.51.